The minimum absolute atomic E-state index is 0.0959. The van der Waals surface area contributed by atoms with Crippen LogP contribution in [0.25, 0.3) is 0 Å². The van der Waals surface area contributed by atoms with E-state index in [1.165, 1.54) is 0 Å². The van der Waals surface area contributed by atoms with Crippen molar-refractivity contribution in [3.8, 4) is 0 Å². The van der Waals surface area contributed by atoms with Crippen LogP contribution >= 0.6 is 11.6 Å². The molecule has 0 aliphatic carbocycles. The monoisotopic (exact) mass is 407 g/mol. The molecule has 0 unspecified atom stereocenters. The highest BCUT2D eigenvalue weighted by Crippen LogP contribution is 2.30. The molecule has 2 rings (SSSR count). The van der Waals surface area contributed by atoms with Gasteiger partial charge < -0.3 is 4.74 Å². The minimum Gasteiger partial charge on any atom is -0.460 e. The SMILES string of the molecule is O=C(CNS(=O)(=O)c1cccc(C(F)(F)F)c1)OCc1ccc(Cl)cc1. The second-order valence-electron chi connectivity index (χ2n) is 5.14. The molecule has 0 bridgehead atoms. The molecule has 2 aromatic rings. The molecule has 0 atom stereocenters. The first-order chi connectivity index (χ1) is 12.1. The number of alkyl halides is 3. The number of carbonyl (C=O) groups is 1. The van der Waals surface area contributed by atoms with Crippen molar-refractivity contribution in [2.45, 2.75) is 17.7 Å². The van der Waals surface area contributed by atoms with Gasteiger partial charge >= 0.3 is 12.1 Å². The van der Waals surface area contributed by atoms with Crippen LogP contribution in [0.15, 0.2) is 53.4 Å². The van der Waals surface area contributed by atoms with Crippen molar-refractivity contribution in [3.63, 3.8) is 0 Å². The third-order valence-electron chi connectivity index (χ3n) is 3.19. The third kappa shape index (κ3) is 5.72. The zero-order valence-electron chi connectivity index (χ0n) is 13.1. The van der Waals surface area contributed by atoms with Gasteiger partial charge in [-0.15, -0.1) is 0 Å². The van der Waals surface area contributed by atoms with Crippen LogP contribution in [0.1, 0.15) is 11.1 Å². The number of benzene rings is 2. The van der Waals surface area contributed by atoms with Gasteiger partial charge in [-0.1, -0.05) is 29.8 Å². The number of carbonyl (C=O) groups excluding carboxylic acids is 1. The van der Waals surface area contributed by atoms with E-state index in [0.717, 1.165) is 18.2 Å². The first kappa shape index (κ1) is 20.2. The van der Waals surface area contributed by atoms with Gasteiger partial charge in [-0.05, 0) is 35.9 Å². The van der Waals surface area contributed by atoms with Crippen LogP contribution in [0.3, 0.4) is 0 Å². The molecule has 0 fully saturated rings. The summed E-state index contributed by atoms with van der Waals surface area (Å²) in [5, 5.41) is 0.508. The van der Waals surface area contributed by atoms with Gasteiger partial charge in [-0.25, -0.2) is 8.42 Å². The predicted octanol–water partition coefficient (Wildman–Crippen LogP) is 3.38. The molecule has 1 N–H and O–H groups in total. The van der Waals surface area contributed by atoms with Gasteiger partial charge in [0.1, 0.15) is 13.2 Å². The predicted molar refractivity (Wildman–Crippen MR) is 87.9 cm³/mol. The lowest BCUT2D eigenvalue weighted by molar-refractivity contribution is -0.143. The fourth-order valence-corrected chi connectivity index (χ4v) is 3.01. The summed E-state index contributed by atoms with van der Waals surface area (Å²) < 4.78 is 68.8. The number of halogens is 4. The van der Waals surface area contributed by atoms with Crippen LogP contribution in [-0.2, 0) is 32.3 Å². The Balaban J connectivity index is 1.95. The van der Waals surface area contributed by atoms with Gasteiger partial charge in [0.15, 0.2) is 0 Å². The van der Waals surface area contributed by atoms with Gasteiger partial charge in [-0.3, -0.25) is 4.79 Å². The number of hydrogen-bond donors (Lipinski definition) is 1. The molecule has 0 aliphatic heterocycles. The van der Waals surface area contributed by atoms with Gasteiger partial charge in [0, 0.05) is 5.02 Å². The normalized spacial score (nSPS) is 12.0. The molecule has 0 heterocycles. The smallest absolute Gasteiger partial charge is 0.416 e. The second kappa shape index (κ2) is 8.07. The molecule has 0 aromatic heterocycles. The number of nitrogens with one attached hydrogen (secondary N) is 1. The van der Waals surface area contributed by atoms with Crippen molar-refractivity contribution in [1.82, 2.24) is 4.72 Å². The maximum Gasteiger partial charge on any atom is 0.416 e. The second-order valence-corrected chi connectivity index (χ2v) is 7.34. The van der Waals surface area contributed by atoms with Crippen molar-refractivity contribution in [2.75, 3.05) is 6.54 Å². The molecule has 10 heteroatoms. The summed E-state index contributed by atoms with van der Waals surface area (Å²) in [6.45, 7) is -0.812. The number of ether oxygens (including phenoxy) is 1. The Kier molecular flexibility index (Phi) is 6.27. The minimum atomic E-state index is -4.68. The zero-order valence-corrected chi connectivity index (χ0v) is 14.7. The lowest BCUT2D eigenvalue weighted by atomic mass is 10.2. The number of hydrogen-bond acceptors (Lipinski definition) is 4. The van der Waals surface area contributed by atoms with E-state index in [9.17, 15) is 26.4 Å². The van der Waals surface area contributed by atoms with Crippen molar-refractivity contribution < 1.29 is 31.1 Å². The third-order valence-corrected chi connectivity index (χ3v) is 4.84. The summed E-state index contributed by atoms with van der Waals surface area (Å²) >= 11 is 5.72. The van der Waals surface area contributed by atoms with Crippen LogP contribution in [0, 0.1) is 0 Å². The van der Waals surface area contributed by atoms with Crippen LogP contribution < -0.4 is 4.72 Å². The van der Waals surface area contributed by atoms with E-state index in [1.54, 1.807) is 24.3 Å². The average Bonchev–Trinajstić information content (AvgIpc) is 2.59. The van der Waals surface area contributed by atoms with Crippen LogP contribution in [0.5, 0.6) is 0 Å². The molecular weight excluding hydrogens is 395 g/mol. The maximum absolute atomic E-state index is 12.7. The highest BCUT2D eigenvalue weighted by Gasteiger charge is 2.31. The Hall–Kier alpha value is -2.10. The molecule has 2 aromatic carbocycles. The molecular formula is C16H13ClF3NO4S. The highest BCUT2D eigenvalue weighted by molar-refractivity contribution is 7.89. The number of rotatable bonds is 6. The highest BCUT2D eigenvalue weighted by atomic mass is 35.5. The van der Waals surface area contributed by atoms with Crippen molar-refractivity contribution in [1.29, 1.82) is 0 Å². The molecule has 0 saturated carbocycles. The summed E-state index contributed by atoms with van der Waals surface area (Å²) in [6, 6.07) is 9.65. The topological polar surface area (TPSA) is 72.5 Å². The van der Waals surface area contributed by atoms with E-state index < -0.39 is 39.2 Å². The Morgan fingerprint density at radius 3 is 2.38 bits per heavy atom. The number of esters is 1. The molecule has 0 aliphatic rings. The van der Waals surface area contributed by atoms with Gasteiger partial charge in [0.2, 0.25) is 10.0 Å². The Labute approximate surface area is 152 Å². The molecule has 5 nitrogen and oxygen atoms in total. The lowest BCUT2D eigenvalue weighted by Gasteiger charge is -2.10. The number of sulfonamides is 1. The van der Waals surface area contributed by atoms with E-state index in [-0.39, 0.29) is 6.61 Å². The van der Waals surface area contributed by atoms with E-state index in [1.807, 2.05) is 4.72 Å². The molecule has 0 radical (unpaired) electrons. The largest absolute Gasteiger partial charge is 0.460 e. The van der Waals surface area contributed by atoms with Crippen LogP contribution in [0.4, 0.5) is 13.2 Å². The lowest BCUT2D eigenvalue weighted by Crippen LogP contribution is -2.30. The standard InChI is InChI=1S/C16H13ClF3NO4S/c17-13-6-4-11(5-7-13)10-25-15(22)9-21-26(23,24)14-3-1-2-12(8-14)16(18,19)20/h1-8,21H,9-10H2. The van der Waals surface area contributed by atoms with Crippen molar-refractivity contribution in [2.24, 2.45) is 0 Å². The van der Waals surface area contributed by atoms with Gasteiger partial charge in [-0.2, -0.15) is 17.9 Å². The van der Waals surface area contributed by atoms with Crippen LogP contribution in [-0.4, -0.2) is 20.9 Å². The van der Waals surface area contributed by atoms with E-state index >= 15 is 0 Å². The Bertz CT molecular complexity index is 883. The fourth-order valence-electron chi connectivity index (χ4n) is 1.87. The fraction of sp³-hybridized carbons (Fsp3) is 0.188. The summed E-state index contributed by atoms with van der Waals surface area (Å²) in [7, 11) is -4.29. The summed E-state index contributed by atoms with van der Waals surface area (Å²) in [5.74, 6) is -0.879. The van der Waals surface area contributed by atoms with E-state index in [0.29, 0.717) is 16.7 Å². The summed E-state index contributed by atoms with van der Waals surface area (Å²) in [4.78, 5) is 11.0. The first-order valence-electron chi connectivity index (χ1n) is 7.15. The van der Waals surface area contributed by atoms with E-state index in [2.05, 4.69) is 0 Å². The first-order valence-corrected chi connectivity index (χ1v) is 9.01. The molecule has 26 heavy (non-hydrogen) atoms. The molecule has 0 amide bonds. The van der Waals surface area contributed by atoms with Crippen molar-refractivity contribution >= 4 is 27.6 Å². The quantitative estimate of drug-likeness (QED) is 0.745. The zero-order chi connectivity index (χ0) is 19.4. The molecule has 140 valence electrons. The average molecular weight is 408 g/mol. The summed E-state index contributed by atoms with van der Waals surface area (Å²) in [6.07, 6.45) is -4.68. The Morgan fingerprint density at radius 2 is 1.77 bits per heavy atom. The van der Waals surface area contributed by atoms with Gasteiger partial charge in [0.05, 0.1) is 10.5 Å². The Morgan fingerprint density at radius 1 is 1.12 bits per heavy atom. The van der Waals surface area contributed by atoms with Crippen molar-refractivity contribution in [3.05, 3.63) is 64.7 Å². The van der Waals surface area contributed by atoms with Crippen LogP contribution in [0.2, 0.25) is 5.02 Å². The molecule has 0 spiro atoms. The van der Waals surface area contributed by atoms with Gasteiger partial charge in [0.25, 0.3) is 0 Å². The van der Waals surface area contributed by atoms with E-state index in [4.69, 9.17) is 16.3 Å². The molecule has 0 saturated heterocycles. The summed E-state index contributed by atoms with van der Waals surface area (Å²) in [5.41, 5.74) is -0.464. The maximum atomic E-state index is 12.7.